The zero-order chi connectivity index (χ0) is 19.0. The van der Waals surface area contributed by atoms with E-state index >= 15 is 0 Å². The summed E-state index contributed by atoms with van der Waals surface area (Å²) < 4.78 is 39.6. The van der Waals surface area contributed by atoms with Crippen molar-refractivity contribution >= 4 is 10.0 Å². The Morgan fingerprint density at radius 1 is 1.00 bits per heavy atom. The number of halogens is 1. The Labute approximate surface area is 154 Å². The summed E-state index contributed by atoms with van der Waals surface area (Å²) in [5.41, 5.74) is 2.10. The lowest BCUT2D eigenvalue weighted by atomic mass is 10.1. The van der Waals surface area contributed by atoms with Gasteiger partial charge in [-0.3, -0.25) is 4.57 Å². The molecule has 2 aromatic carbocycles. The van der Waals surface area contributed by atoms with E-state index < -0.39 is 10.0 Å². The molecular formula is C18H14FN5O2S. The summed E-state index contributed by atoms with van der Waals surface area (Å²) in [5.74, 6) is 0.277. The number of hydrogen-bond donors (Lipinski definition) is 1. The van der Waals surface area contributed by atoms with Gasteiger partial charge in [-0.15, -0.1) is 5.10 Å². The summed E-state index contributed by atoms with van der Waals surface area (Å²) in [5, 5.41) is 9.73. The number of nitrogens with zero attached hydrogens (tertiary/aromatic N) is 4. The summed E-state index contributed by atoms with van der Waals surface area (Å²) in [6, 6.07) is 13.9. The van der Waals surface area contributed by atoms with Crippen LogP contribution < -0.4 is 5.14 Å². The molecule has 0 spiro atoms. The largest absolute Gasteiger partial charge is 0.289 e. The molecular weight excluding hydrogens is 369 g/mol. The number of hydrogen-bond acceptors (Lipinski definition) is 4. The number of rotatable bonds is 4. The van der Waals surface area contributed by atoms with Crippen molar-refractivity contribution in [1.82, 2.24) is 19.3 Å². The average Bonchev–Trinajstić information content (AvgIpc) is 3.31. The number of nitrogens with two attached hydrogens (primary N) is 1. The first-order chi connectivity index (χ1) is 12.9. The van der Waals surface area contributed by atoms with Gasteiger partial charge in [-0.25, -0.2) is 27.6 Å². The molecule has 0 fully saturated rings. The molecule has 4 aromatic rings. The summed E-state index contributed by atoms with van der Waals surface area (Å²) in [4.78, 5) is 4.03. The lowest BCUT2D eigenvalue weighted by molar-refractivity contribution is 0.597. The molecule has 0 saturated carbocycles. The fraction of sp³-hybridized carbons (Fsp3) is 0. The van der Waals surface area contributed by atoms with Crippen molar-refractivity contribution in [2.45, 2.75) is 4.90 Å². The predicted molar refractivity (Wildman–Crippen MR) is 97.5 cm³/mol. The molecule has 0 atom stereocenters. The van der Waals surface area contributed by atoms with Crippen LogP contribution in [0.4, 0.5) is 4.39 Å². The van der Waals surface area contributed by atoms with Crippen molar-refractivity contribution in [2.75, 3.05) is 0 Å². The van der Waals surface area contributed by atoms with Crippen molar-refractivity contribution in [1.29, 1.82) is 0 Å². The minimum atomic E-state index is -3.78. The van der Waals surface area contributed by atoms with Crippen LogP contribution in [0.2, 0.25) is 0 Å². The third-order valence-corrected chi connectivity index (χ3v) is 4.94. The second-order valence-electron chi connectivity index (χ2n) is 5.82. The SMILES string of the molecule is NS(=O)(=O)c1ccc(-n2nc(-n3ccnc3)cc2-c2ccc(F)cc2)cc1. The Morgan fingerprint density at radius 2 is 1.70 bits per heavy atom. The smallest absolute Gasteiger partial charge is 0.238 e. The van der Waals surface area contributed by atoms with Crippen LogP contribution in [-0.2, 0) is 10.0 Å². The first-order valence-corrected chi connectivity index (χ1v) is 9.44. The van der Waals surface area contributed by atoms with Gasteiger partial charge in [0.25, 0.3) is 0 Å². The normalized spacial score (nSPS) is 11.6. The Kier molecular flexibility index (Phi) is 4.09. The van der Waals surface area contributed by atoms with E-state index in [1.807, 2.05) is 6.07 Å². The van der Waals surface area contributed by atoms with E-state index in [0.717, 1.165) is 5.56 Å². The summed E-state index contributed by atoms with van der Waals surface area (Å²) in [6.07, 6.45) is 5.01. The third-order valence-electron chi connectivity index (χ3n) is 4.02. The molecule has 4 rings (SSSR count). The number of sulfonamides is 1. The van der Waals surface area contributed by atoms with E-state index in [2.05, 4.69) is 10.1 Å². The summed E-state index contributed by atoms with van der Waals surface area (Å²) >= 11 is 0. The van der Waals surface area contributed by atoms with Gasteiger partial charge in [0.15, 0.2) is 5.82 Å². The van der Waals surface area contributed by atoms with E-state index in [4.69, 9.17) is 5.14 Å². The molecule has 0 saturated heterocycles. The van der Waals surface area contributed by atoms with E-state index in [0.29, 0.717) is 17.2 Å². The second-order valence-corrected chi connectivity index (χ2v) is 7.38. The van der Waals surface area contributed by atoms with Crippen LogP contribution in [0.3, 0.4) is 0 Å². The highest BCUT2D eigenvalue weighted by molar-refractivity contribution is 7.89. The van der Waals surface area contributed by atoms with Crippen LogP contribution in [0.15, 0.2) is 78.2 Å². The Balaban J connectivity index is 1.86. The highest BCUT2D eigenvalue weighted by Gasteiger charge is 2.14. The van der Waals surface area contributed by atoms with Crippen LogP contribution in [0.5, 0.6) is 0 Å². The van der Waals surface area contributed by atoms with Gasteiger partial charge in [-0.1, -0.05) is 0 Å². The van der Waals surface area contributed by atoms with Crippen molar-refractivity contribution in [2.24, 2.45) is 5.14 Å². The number of aromatic nitrogens is 4. The number of primary sulfonamides is 1. The van der Waals surface area contributed by atoms with Gasteiger partial charge in [-0.2, -0.15) is 0 Å². The highest BCUT2D eigenvalue weighted by Crippen LogP contribution is 2.26. The molecule has 136 valence electrons. The number of imidazole rings is 1. The average molecular weight is 383 g/mol. The fourth-order valence-electron chi connectivity index (χ4n) is 2.69. The topological polar surface area (TPSA) is 95.8 Å². The zero-order valence-electron chi connectivity index (χ0n) is 13.9. The first-order valence-electron chi connectivity index (χ1n) is 7.89. The van der Waals surface area contributed by atoms with Gasteiger partial charge in [-0.05, 0) is 48.5 Å². The van der Waals surface area contributed by atoms with Gasteiger partial charge < -0.3 is 0 Å². The molecule has 0 aliphatic rings. The van der Waals surface area contributed by atoms with E-state index in [-0.39, 0.29) is 10.7 Å². The molecule has 9 heteroatoms. The zero-order valence-corrected chi connectivity index (χ0v) is 14.7. The maximum atomic E-state index is 13.3. The Morgan fingerprint density at radius 3 is 2.30 bits per heavy atom. The van der Waals surface area contributed by atoms with Crippen molar-refractivity contribution in [3.63, 3.8) is 0 Å². The highest BCUT2D eigenvalue weighted by atomic mass is 32.2. The summed E-state index contributed by atoms with van der Waals surface area (Å²) in [7, 11) is -3.78. The van der Waals surface area contributed by atoms with E-state index in [9.17, 15) is 12.8 Å². The lowest BCUT2D eigenvalue weighted by Gasteiger charge is -2.08. The van der Waals surface area contributed by atoms with Crippen LogP contribution in [0.25, 0.3) is 22.8 Å². The number of benzene rings is 2. The van der Waals surface area contributed by atoms with Crippen LogP contribution in [0.1, 0.15) is 0 Å². The van der Waals surface area contributed by atoms with Crippen molar-refractivity contribution in [3.8, 4) is 22.8 Å². The molecule has 2 N–H and O–H groups in total. The lowest BCUT2D eigenvalue weighted by Crippen LogP contribution is -2.12. The molecule has 0 aliphatic carbocycles. The molecule has 27 heavy (non-hydrogen) atoms. The van der Waals surface area contributed by atoms with Crippen LogP contribution in [-0.4, -0.2) is 27.7 Å². The van der Waals surface area contributed by atoms with Gasteiger partial charge in [0.05, 0.1) is 16.3 Å². The fourth-order valence-corrected chi connectivity index (χ4v) is 3.20. The maximum Gasteiger partial charge on any atom is 0.238 e. The molecule has 0 radical (unpaired) electrons. The van der Waals surface area contributed by atoms with E-state index in [1.165, 1.54) is 24.3 Å². The monoisotopic (exact) mass is 383 g/mol. The molecule has 2 heterocycles. The van der Waals surface area contributed by atoms with Crippen LogP contribution >= 0.6 is 0 Å². The molecule has 0 aliphatic heterocycles. The van der Waals surface area contributed by atoms with Gasteiger partial charge in [0.2, 0.25) is 10.0 Å². The molecule has 0 unspecified atom stereocenters. The third kappa shape index (κ3) is 3.37. The molecule has 2 aromatic heterocycles. The standard InChI is InChI=1S/C18H14FN5O2S/c19-14-3-1-13(2-4-14)17-11-18(23-10-9-21-12-23)22-24(17)15-5-7-16(8-6-15)27(20,25)26/h1-12H,(H2,20,25,26). The summed E-state index contributed by atoms with van der Waals surface area (Å²) in [6.45, 7) is 0. The molecule has 7 nitrogen and oxygen atoms in total. The van der Waals surface area contributed by atoms with Crippen molar-refractivity contribution in [3.05, 3.63) is 79.1 Å². The predicted octanol–water partition coefficient (Wildman–Crippen LogP) is 2.51. The minimum absolute atomic E-state index is 0.0107. The van der Waals surface area contributed by atoms with Crippen molar-refractivity contribution < 1.29 is 12.8 Å². The molecule has 0 amide bonds. The quantitative estimate of drug-likeness (QED) is 0.586. The van der Waals surface area contributed by atoms with Gasteiger partial charge in [0, 0.05) is 24.0 Å². The van der Waals surface area contributed by atoms with E-state index in [1.54, 1.807) is 52.2 Å². The Bertz CT molecular complexity index is 1180. The maximum absolute atomic E-state index is 13.3. The van der Waals surface area contributed by atoms with Crippen LogP contribution in [0, 0.1) is 5.82 Å². The Hall–Kier alpha value is -3.30. The van der Waals surface area contributed by atoms with Gasteiger partial charge in [0.1, 0.15) is 12.1 Å². The second kappa shape index (κ2) is 6.45. The minimum Gasteiger partial charge on any atom is -0.289 e. The molecule has 0 bridgehead atoms. The van der Waals surface area contributed by atoms with Gasteiger partial charge >= 0.3 is 0 Å². The first kappa shape index (κ1) is 17.1.